The van der Waals surface area contributed by atoms with Gasteiger partial charge in [0, 0.05) is 35.6 Å². The number of carboxylic acid groups (broad SMARTS) is 1. The highest BCUT2D eigenvalue weighted by Gasteiger charge is 2.55. The molecule has 1 aromatic heterocycles. The molecule has 2 saturated heterocycles. The molecular weight excluding hydrogens is 376 g/mol. The third-order valence-corrected chi connectivity index (χ3v) is 8.47. The monoisotopic (exact) mass is 406 g/mol. The molecule has 0 spiro atoms. The maximum absolute atomic E-state index is 13.4. The van der Waals surface area contributed by atoms with Gasteiger partial charge in [-0.1, -0.05) is 19.1 Å². The zero-order valence-corrected chi connectivity index (χ0v) is 17.5. The number of rotatable bonds is 5. The number of piperidine rings is 2. The molecule has 158 valence electrons. The van der Waals surface area contributed by atoms with Gasteiger partial charge < -0.3 is 15.0 Å². The SMILES string of the molecule is CC(CC(=O)N1C2CC3CC1CC(C2)C3C(=O)O)c1c[nH]c2cccc(C3CC3)c12. The molecule has 3 saturated carbocycles. The minimum Gasteiger partial charge on any atom is -0.481 e. The lowest BCUT2D eigenvalue weighted by Gasteiger charge is -2.58. The third-order valence-electron chi connectivity index (χ3n) is 8.47. The van der Waals surface area contributed by atoms with Gasteiger partial charge in [-0.3, -0.25) is 9.59 Å². The molecule has 5 aliphatic rings. The van der Waals surface area contributed by atoms with Crippen LogP contribution in [0.15, 0.2) is 24.4 Å². The second kappa shape index (κ2) is 6.60. The minimum atomic E-state index is -0.624. The number of nitrogens with zero attached hydrogens (tertiary/aromatic N) is 1. The van der Waals surface area contributed by atoms with E-state index in [0.29, 0.717) is 12.3 Å². The van der Waals surface area contributed by atoms with Gasteiger partial charge in [-0.05, 0) is 79.4 Å². The fraction of sp³-hybridized carbons (Fsp3) is 0.600. The number of aromatic nitrogens is 1. The Balaban J connectivity index is 1.22. The van der Waals surface area contributed by atoms with Gasteiger partial charge in [0.05, 0.1) is 5.92 Å². The molecule has 3 heterocycles. The predicted molar refractivity (Wildman–Crippen MR) is 114 cm³/mol. The average Bonchev–Trinajstić information content (AvgIpc) is 3.44. The molecule has 3 aliphatic carbocycles. The van der Waals surface area contributed by atoms with Crippen molar-refractivity contribution in [1.29, 1.82) is 0 Å². The van der Waals surface area contributed by atoms with Crippen LogP contribution in [0, 0.1) is 17.8 Å². The first kappa shape index (κ1) is 18.5. The minimum absolute atomic E-state index is 0.176. The molecule has 7 rings (SSSR count). The first-order valence-corrected chi connectivity index (χ1v) is 11.6. The molecule has 2 N–H and O–H groups in total. The van der Waals surface area contributed by atoms with Crippen molar-refractivity contribution >= 4 is 22.8 Å². The van der Waals surface area contributed by atoms with Crippen molar-refractivity contribution < 1.29 is 14.7 Å². The fourth-order valence-corrected chi connectivity index (χ4v) is 7.16. The van der Waals surface area contributed by atoms with E-state index in [-0.39, 0.29) is 41.7 Å². The Hall–Kier alpha value is -2.30. The molecule has 2 aromatic rings. The summed E-state index contributed by atoms with van der Waals surface area (Å²) in [6.07, 6.45) is 8.70. The number of aliphatic carboxylic acids is 1. The number of nitrogens with one attached hydrogen (secondary N) is 1. The third kappa shape index (κ3) is 2.74. The van der Waals surface area contributed by atoms with E-state index >= 15 is 0 Å². The number of carboxylic acids is 1. The predicted octanol–water partition coefficient (Wildman–Crippen LogP) is 4.64. The summed E-state index contributed by atoms with van der Waals surface area (Å²) in [6.45, 7) is 2.18. The Labute approximate surface area is 176 Å². The van der Waals surface area contributed by atoms with Crippen molar-refractivity contribution in [2.45, 2.75) is 75.8 Å². The van der Waals surface area contributed by atoms with Crippen LogP contribution in [0.1, 0.15) is 74.8 Å². The van der Waals surface area contributed by atoms with E-state index in [2.05, 4.69) is 41.2 Å². The molecule has 1 amide bonds. The van der Waals surface area contributed by atoms with Gasteiger partial charge in [-0.2, -0.15) is 0 Å². The Bertz CT molecular complexity index is 991. The maximum Gasteiger partial charge on any atom is 0.307 e. The van der Waals surface area contributed by atoms with Crippen molar-refractivity contribution in [3.05, 3.63) is 35.5 Å². The largest absolute Gasteiger partial charge is 0.481 e. The molecule has 5 nitrogen and oxygen atoms in total. The van der Waals surface area contributed by atoms with Gasteiger partial charge in [0.25, 0.3) is 0 Å². The summed E-state index contributed by atoms with van der Waals surface area (Å²) < 4.78 is 0. The summed E-state index contributed by atoms with van der Waals surface area (Å²) in [7, 11) is 0. The normalized spacial score (nSPS) is 33.2. The summed E-state index contributed by atoms with van der Waals surface area (Å²) in [5.41, 5.74) is 3.90. The maximum atomic E-state index is 13.4. The van der Waals surface area contributed by atoms with Crippen molar-refractivity contribution in [2.24, 2.45) is 17.8 Å². The summed E-state index contributed by atoms with van der Waals surface area (Å²) in [5, 5.41) is 11.0. The fourth-order valence-electron chi connectivity index (χ4n) is 7.16. The smallest absolute Gasteiger partial charge is 0.307 e. The molecule has 0 radical (unpaired) electrons. The van der Waals surface area contributed by atoms with Crippen molar-refractivity contribution in [1.82, 2.24) is 9.88 Å². The van der Waals surface area contributed by atoms with Crippen LogP contribution in [0.25, 0.3) is 10.9 Å². The lowest BCUT2D eigenvalue weighted by Crippen LogP contribution is -2.63. The van der Waals surface area contributed by atoms with E-state index in [9.17, 15) is 14.7 Å². The van der Waals surface area contributed by atoms with Crippen molar-refractivity contribution in [2.75, 3.05) is 0 Å². The van der Waals surface area contributed by atoms with Gasteiger partial charge in [0.15, 0.2) is 0 Å². The molecular formula is C25H30N2O3. The molecule has 1 aromatic carbocycles. The van der Waals surface area contributed by atoms with Crippen LogP contribution in [0.5, 0.6) is 0 Å². The highest BCUT2D eigenvalue weighted by Crippen LogP contribution is 2.53. The number of hydrogen-bond acceptors (Lipinski definition) is 2. The second-order valence-corrected chi connectivity index (χ2v) is 10.3. The number of H-pyrrole nitrogens is 1. The Morgan fingerprint density at radius 3 is 2.40 bits per heavy atom. The molecule has 1 unspecified atom stereocenters. The zero-order valence-electron chi connectivity index (χ0n) is 17.5. The molecule has 1 atom stereocenters. The highest BCUT2D eigenvalue weighted by molar-refractivity contribution is 5.89. The van der Waals surface area contributed by atoms with Gasteiger partial charge in [-0.15, -0.1) is 0 Å². The first-order chi connectivity index (χ1) is 14.5. The zero-order chi connectivity index (χ0) is 20.6. The standard InChI is InChI=1S/C25H30N2O3/c1-13(20-12-26-21-4-2-3-19(24(20)21)14-5-6-14)7-22(28)27-17-8-15-9-18(27)11-16(10-17)23(15)25(29)30/h2-4,12-18,23,26H,5-11H2,1H3,(H,29,30). The van der Waals surface area contributed by atoms with Crippen LogP contribution in [0.2, 0.25) is 0 Å². The summed E-state index contributed by atoms with van der Waals surface area (Å²) >= 11 is 0. The van der Waals surface area contributed by atoms with Gasteiger partial charge >= 0.3 is 5.97 Å². The number of carbonyl (C=O) groups is 2. The van der Waals surface area contributed by atoms with Crippen LogP contribution in [-0.2, 0) is 9.59 Å². The van der Waals surface area contributed by atoms with Crippen LogP contribution >= 0.6 is 0 Å². The van der Waals surface area contributed by atoms with Gasteiger partial charge in [-0.25, -0.2) is 0 Å². The van der Waals surface area contributed by atoms with E-state index in [1.165, 1.54) is 34.9 Å². The summed E-state index contributed by atoms with van der Waals surface area (Å²) in [6, 6.07) is 7.04. The Morgan fingerprint density at radius 1 is 1.13 bits per heavy atom. The Kier molecular flexibility index (Phi) is 4.06. The lowest BCUT2D eigenvalue weighted by atomic mass is 9.57. The van der Waals surface area contributed by atoms with Gasteiger partial charge in [0.1, 0.15) is 0 Å². The van der Waals surface area contributed by atoms with E-state index in [1.54, 1.807) is 0 Å². The van der Waals surface area contributed by atoms with Crippen LogP contribution in [-0.4, -0.2) is 39.0 Å². The second-order valence-electron chi connectivity index (χ2n) is 10.3. The number of aromatic amines is 1. The Morgan fingerprint density at radius 2 is 1.80 bits per heavy atom. The number of benzene rings is 1. The average molecular weight is 407 g/mol. The van der Waals surface area contributed by atoms with E-state index in [0.717, 1.165) is 25.7 Å². The molecule has 4 bridgehead atoms. The van der Waals surface area contributed by atoms with Crippen LogP contribution in [0.3, 0.4) is 0 Å². The summed E-state index contributed by atoms with van der Waals surface area (Å²) in [4.78, 5) is 30.7. The van der Waals surface area contributed by atoms with Crippen LogP contribution < -0.4 is 0 Å². The number of hydrogen-bond donors (Lipinski definition) is 2. The first-order valence-electron chi connectivity index (χ1n) is 11.6. The topological polar surface area (TPSA) is 73.4 Å². The van der Waals surface area contributed by atoms with Crippen molar-refractivity contribution in [3.63, 3.8) is 0 Å². The van der Waals surface area contributed by atoms with E-state index in [1.807, 2.05) is 0 Å². The number of fused-ring (bicyclic) bond motifs is 1. The highest BCUT2D eigenvalue weighted by atomic mass is 16.4. The van der Waals surface area contributed by atoms with Crippen LogP contribution in [0.4, 0.5) is 0 Å². The van der Waals surface area contributed by atoms with Gasteiger partial charge in [0.2, 0.25) is 5.91 Å². The molecule has 30 heavy (non-hydrogen) atoms. The molecule has 5 heteroatoms. The summed E-state index contributed by atoms with van der Waals surface area (Å²) in [5.74, 6) is 0.849. The van der Waals surface area contributed by atoms with E-state index < -0.39 is 5.97 Å². The molecule has 2 aliphatic heterocycles. The van der Waals surface area contributed by atoms with E-state index in [4.69, 9.17) is 0 Å². The molecule has 5 fully saturated rings. The quantitative estimate of drug-likeness (QED) is 0.760. The lowest BCUT2D eigenvalue weighted by molar-refractivity contribution is -0.168. The number of amides is 1. The number of carbonyl (C=O) groups excluding carboxylic acids is 1. The van der Waals surface area contributed by atoms with Crippen molar-refractivity contribution in [3.8, 4) is 0 Å².